The molecule has 4 rings (SSSR count). The lowest BCUT2D eigenvalue weighted by Gasteiger charge is -2.37. The molecule has 1 heterocycles. The highest BCUT2D eigenvalue weighted by molar-refractivity contribution is 5.97. The number of para-hydroxylation sites is 3. The molecule has 1 aliphatic rings. The number of nitrogens with zero attached hydrogens (tertiary/aromatic N) is 1. The third-order valence-corrected chi connectivity index (χ3v) is 4.67. The second kappa shape index (κ2) is 6.56. The number of hydrogen-bond acceptors (Lipinski definition) is 4. The molecule has 3 aromatic carbocycles. The van der Waals surface area contributed by atoms with Gasteiger partial charge in [0.2, 0.25) is 0 Å². The molecule has 1 unspecified atom stereocenters. The maximum Gasteiger partial charge on any atom is 0.341 e. The van der Waals surface area contributed by atoms with E-state index in [0.29, 0.717) is 11.3 Å². The molecule has 0 fully saturated rings. The van der Waals surface area contributed by atoms with Crippen molar-refractivity contribution in [1.29, 1.82) is 0 Å². The van der Waals surface area contributed by atoms with E-state index in [2.05, 4.69) is 24.0 Å². The Kier molecular flexibility index (Phi) is 4.09. The third-order valence-electron chi connectivity index (χ3n) is 4.67. The van der Waals surface area contributed by atoms with Crippen LogP contribution in [0.5, 0.6) is 11.5 Å². The number of esters is 1. The average Bonchev–Trinajstić information content (AvgIpc) is 2.71. The van der Waals surface area contributed by atoms with Crippen LogP contribution in [-0.4, -0.2) is 13.1 Å². The SMILES string of the molecule is COC(=O)c1cccc2c1Oc1ccccc1N2C(C)c1ccccc1. The maximum absolute atomic E-state index is 12.2. The van der Waals surface area contributed by atoms with E-state index in [9.17, 15) is 4.79 Å². The second-order valence-corrected chi connectivity index (χ2v) is 6.17. The normalized spacial score (nSPS) is 13.2. The van der Waals surface area contributed by atoms with Crippen LogP contribution in [0, 0.1) is 0 Å². The molecule has 0 amide bonds. The van der Waals surface area contributed by atoms with Crippen LogP contribution >= 0.6 is 0 Å². The Morgan fingerprint density at radius 1 is 0.923 bits per heavy atom. The number of fused-ring (bicyclic) bond motifs is 2. The average molecular weight is 345 g/mol. The molecule has 0 N–H and O–H groups in total. The van der Waals surface area contributed by atoms with E-state index in [-0.39, 0.29) is 6.04 Å². The van der Waals surface area contributed by atoms with Crippen molar-refractivity contribution in [2.75, 3.05) is 12.0 Å². The molecule has 0 spiro atoms. The van der Waals surface area contributed by atoms with E-state index < -0.39 is 5.97 Å². The van der Waals surface area contributed by atoms with Gasteiger partial charge in [0.15, 0.2) is 11.5 Å². The van der Waals surface area contributed by atoms with Crippen LogP contribution in [-0.2, 0) is 4.74 Å². The minimum Gasteiger partial charge on any atom is -0.465 e. The lowest BCUT2D eigenvalue weighted by molar-refractivity contribution is 0.0598. The number of anilines is 2. The van der Waals surface area contributed by atoms with Gasteiger partial charge in [0.1, 0.15) is 5.56 Å². The van der Waals surface area contributed by atoms with Crippen LogP contribution in [0.1, 0.15) is 28.9 Å². The summed E-state index contributed by atoms with van der Waals surface area (Å²) in [5.74, 6) is 0.841. The first kappa shape index (κ1) is 16.2. The smallest absolute Gasteiger partial charge is 0.341 e. The topological polar surface area (TPSA) is 38.8 Å². The van der Waals surface area contributed by atoms with Crippen LogP contribution in [0.2, 0.25) is 0 Å². The Hall–Kier alpha value is -3.27. The Labute approximate surface area is 152 Å². The summed E-state index contributed by atoms with van der Waals surface area (Å²) < 4.78 is 11.0. The van der Waals surface area contributed by atoms with Gasteiger partial charge in [-0.15, -0.1) is 0 Å². The molecule has 1 atom stereocenters. The first-order chi connectivity index (χ1) is 12.7. The molecular formula is C22H19NO3. The van der Waals surface area contributed by atoms with Crippen LogP contribution < -0.4 is 9.64 Å². The first-order valence-corrected chi connectivity index (χ1v) is 8.53. The van der Waals surface area contributed by atoms with Crippen molar-refractivity contribution in [1.82, 2.24) is 0 Å². The van der Waals surface area contributed by atoms with E-state index in [1.165, 1.54) is 12.7 Å². The molecule has 0 saturated heterocycles. The summed E-state index contributed by atoms with van der Waals surface area (Å²) >= 11 is 0. The van der Waals surface area contributed by atoms with E-state index in [1.54, 1.807) is 6.07 Å². The van der Waals surface area contributed by atoms with Gasteiger partial charge in [-0.3, -0.25) is 0 Å². The molecule has 0 saturated carbocycles. The van der Waals surface area contributed by atoms with Crippen LogP contribution in [0.25, 0.3) is 0 Å². The highest BCUT2D eigenvalue weighted by Gasteiger charge is 2.31. The number of carbonyl (C=O) groups is 1. The zero-order valence-corrected chi connectivity index (χ0v) is 14.7. The fourth-order valence-corrected chi connectivity index (χ4v) is 3.37. The van der Waals surface area contributed by atoms with Crippen molar-refractivity contribution in [3.63, 3.8) is 0 Å². The summed E-state index contributed by atoms with van der Waals surface area (Å²) in [6.07, 6.45) is 0. The van der Waals surface area contributed by atoms with Gasteiger partial charge in [-0.25, -0.2) is 4.79 Å². The molecule has 0 aliphatic carbocycles. The van der Waals surface area contributed by atoms with Crippen molar-refractivity contribution in [2.24, 2.45) is 0 Å². The predicted molar refractivity (Wildman–Crippen MR) is 101 cm³/mol. The van der Waals surface area contributed by atoms with Crippen molar-refractivity contribution in [3.05, 3.63) is 83.9 Å². The number of ether oxygens (including phenoxy) is 2. The maximum atomic E-state index is 12.2. The standard InChI is InChI=1S/C22H19NO3/c1-15(16-9-4-3-5-10-16)23-18-12-6-7-14-20(18)26-21-17(22(24)25-2)11-8-13-19(21)23/h3-15H,1-2H3. The third kappa shape index (κ3) is 2.60. The lowest BCUT2D eigenvalue weighted by Crippen LogP contribution is -2.25. The quantitative estimate of drug-likeness (QED) is 0.589. The fourth-order valence-electron chi connectivity index (χ4n) is 3.37. The fraction of sp³-hybridized carbons (Fsp3) is 0.136. The summed E-state index contributed by atoms with van der Waals surface area (Å²) in [7, 11) is 1.38. The van der Waals surface area contributed by atoms with Gasteiger partial charge in [0, 0.05) is 0 Å². The van der Waals surface area contributed by atoms with Crippen molar-refractivity contribution in [2.45, 2.75) is 13.0 Å². The Morgan fingerprint density at radius 2 is 1.62 bits per heavy atom. The monoisotopic (exact) mass is 345 g/mol. The summed E-state index contributed by atoms with van der Waals surface area (Å²) in [5, 5.41) is 0. The van der Waals surface area contributed by atoms with Gasteiger partial charge in [0.05, 0.1) is 24.5 Å². The molecule has 130 valence electrons. The minimum atomic E-state index is -0.409. The molecular weight excluding hydrogens is 326 g/mol. The molecule has 0 bridgehead atoms. The van der Waals surface area contributed by atoms with Crippen molar-refractivity contribution in [3.8, 4) is 11.5 Å². The Balaban J connectivity index is 1.91. The van der Waals surface area contributed by atoms with Gasteiger partial charge < -0.3 is 14.4 Å². The van der Waals surface area contributed by atoms with Crippen molar-refractivity contribution >= 4 is 17.3 Å². The number of carbonyl (C=O) groups excluding carboxylic acids is 1. The first-order valence-electron chi connectivity index (χ1n) is 8.53. The predicted octanol–water partition coefficient (Wildman–Crippen LogP) is 5.48. The molecule has 4 nitrogen and oxygen atoms in total. The highest BCUT2D eigenvalue weighted by Crippen LogP contribution is 2.51. The van der Waals surface area contributed by atoms with E-state index in [0.717, 1.165) is 17.1 Å². The zero-order chi connectivity index (χ0) is 18.1. The van der Waals surface area contributed by atoms with E-state index in [1.807, 2.05) is 54.6 Å². The summed E-state index contributed by atoms with van der Waals surface area (Å²) in [6.45, 7) is 2.14. The Bertz CT molecular complexity index is 953. The van der Waals surface area contributed by atoms with Gasteiger partial charge >= 0.3 is 5.97 Å². The number of methoxy groups -OCH3 is 1. The van der Waals surface area contributed by atoms with Gasteiger partial charge in [-0.2, -0.15) is 0 Å². The molecule has 0 aromatic heterocycles. The van der Waals surface area contributed by atoms with Gasteiger partial charge in [-0.1, -0.05) is 48.5 Å². The number of benzene rings is 3. The van der Waals surface area contributed by atoms with E-state index in [4.69, 9.17) is 9.47 Å². The zero-order valence-electron chi connectivity index (χ0n) is 14.7. The number of hydrogen-bond donors (Lipinski definition) is 0. The molecule has 4 heteroatoms. The molecule has 26 heavy (non-hydrogen) atoms. The minimum absolute atomic E-state index is 0.0629. The van der Waals surface area contributed by atoms with Gasteiger partial charge in [0.25, 0.3) is 0 Å². The summed E-state index contributed by atoms with van der Waals surface area (Å²) in [5.41, 5.74) is 3.42. The van der Waals surface area contributed by atoms with Crippen molar-refractivity contribution < 1.29 is 14.3 Å². The molecule has 0 radical (unpaired) electrons. The lowest BCUT2D eigenvalue weighted by atomic mass is 10.0. The van der Waals surface area contributed by atoms with Crippen LogP contribution in [0.3, 0.4) is 0 Å². The molecule has 1 aliphatic heterocycles. The van der Waals surface area contributed by atoms with Gasteiger partial charge in [-0.05, 0) is 36.8 Å². The highest BCUT2D eigenvalue weighted by atomic mass is 16.5. The second-order valence-electron chi connectivity index (χ2n) is 6.17. The number of rotatable bonds is 3. The van der Waals surface area contributed by atoms with Crippen LogP contribution in [0.4, 0.5) is 11.4 Å². The van der Waals surface area contributed by atoms with Crippen LogP contribution in [0.15, 0.2) is 72.8 Å². The summed E-state index contributed by atoms with van der Waals surface area (Å²) in [4.78, 5) is 14.4. The largest absolute Gasteiger partial charge is 0.465 e. The summed E-state index contributed by atoms with van der Waals surface area (Å²) in [6, 6.07) is 23.7. The Morgan fingerprint density at radius 3 is 2.38 bits per heavy atom. The van der Waals surface area contributed by atoms with E-state index >= 15 is 0 Å². The molecule has 3 aromatic rings.